The number of nitrogens with zero attached hydrogens (tertiary/aromatic N) is 1. The van der Waals surface area contributed by atoms with E-state index in [1.165, 1.54) is 0 Å². The van der Waals surface area contributed by atoms with Crippen LogP contribution in [0.15, 0.2) is 0 Å². The van der Waals surface area contributed by atoms with Crippen molar-refractivity contribution in [1.29, 1.82) is 0 Å². The van der Waals surface area contributed by atoms with Gasteiger partial charge in [0.05, 0.1) is 13.2 Å². The highest BCUT2D eigenvalue weighted by atomic mass is 19.3. The molecule has 20 heavy (non-hydrogen) atoms. The summed E-state index contributed by atoms with van der Waals surface area (Å²) >= 11 is 0. The van der Waals surface area contributed by atoms with E-state index in [-0.39, 0.29) is 37.9 Å². The second-order valence-corrected chi connectivity index (χ2v) is 4.98. The van der Waals surface area contributed by atoms with Crippen molar-refractivity contribution in [3.63, 3.8) is 0 Å². The zero-order chi connectivity index (χ0) is 15.0. The zero-order valence-corrected chi connectivity index (χ0v) is 11.5. The fourth-order valence-electron chi connectivity index (χ4n) is 2.39. The number of carbonyl (C=O) groups is 2. The van der Waals surface area contributed by atoms with Crippen molar-refractivity contribution in [2.45, 2.75) is 38.5 Å². The Morgan fingerprint density at radius 1 is 1.30 bits per heavy atom. The fourth-order valence-corrected chi connectivity index (χ4v) is 2.39. The van der Waals surface area contributed by atoms with Crippen LogP contribution in [0.4, 0.5) is 8.78 Å². The van der Waals surface area contributed by atoms with E-state index in [0.717, 1.165) is 30.6 Å². The number of hydrogen-bond donors (Lipinski definition) is 2. The molecule has 2 N–H and O–H groups in total. The van der Waals surface area contributed by atoms with Gasteiger partial charge in [-0.3, -0.25) is 9.59 Å². The molecule has 0 aliphatic heterocycles. The lowest BCUT2D eigenvalue weighted by Gasteiger charge is -2.21. The largest absolute Gasteiger partial charge is 0.395 e. The highest BCUT2D eigenvalue weighted by Gasteiger charge is 2.23. The van der Waals surface area contributed by atoms with Crippen LogP contribution in [0.1, 0.15) is 32.1 Å². The predicted molar refractivity (Wildman–Crippen MR) is 69.3 cm³/mol. The molecule has 0 aromatic rings. The summed E-state index contributed by atoms with van der Waals surface area (Å²) < 4.78 is 24.6. The zero-order valence-electron chi connectivity index (χ0n) is 11.5. The third-order valence-electron chi connectivity index (χ3n) is 3.45. The predicted octanol–water partition coefficient (Wildman–Crippen LogP) is 0.769. The van der Waals surface area contributed by atoms with Gasteiger partial charge in [-0.2, -0.15) is 0 Å². The molecule has 2 amide bonds. The second kappa shape index (κ2) is 8.84. The molecule has 5 nitrogen and oxygen atoms in total. The molecular weight excluding hydrogens is 270 g/mol. The minimum atomic E-state index is -2.63. The molecular formula is C13H22F2N2O3. The smallest absolute Gasteiger partial charge is 0.255 e. The van der Waals surface area contributed by atoms with Crippen molar-refractivity contribution in [2.24, 2.45) is 5.92 Å². The van der Waals surface area contributed by atoms with Crippen LogP contribution in [0.25, 0.3) is 0 Å². The van der Waals surface area contributed by atoms with Gasteiger partial charge in [0, 0.05) is 25.4 Å². The second-order valence-electron chi connectivity index (χ2n) is 4.98. The maximum Gasteiger partial charge on any atom is 0.255 e. The monoisotopic (exact) mass is 292 g/mol. The lowest BCUT2D eigenvalue weighted by molar-refractivity contribution is -0.133. The van der Waals surface area contributed by atoms with Crippen LogP contribution >= 0.6 is 0 Å². The molecule has 0 saturated heterocycles. The first-order valence-corrected chi connectivity index (χ1v) is 6.99. The number of aliphatic hydroxyl groups excluding tert-OH is 1. The number of rotatable bonds is 8. The normalized spacial score (nSPS) is 15.6. The van der Waals surface area contributed by atoms with Crippen LogP contribution in [0, 0.1) is 5.92 Å². The van der Waals surface area contributed by atoms with E-state index in [2.05, 4.69) is 5.32 Å². The molecule has 0 atom stereocenters. The van der Waals surface area contributed by atoms with Crippen LogP contribution in [0.2, 0.25) is 0 Å². The summed E-state index contributed by atoms with van der Waals surface area (Å²) in [6.07, 6.45) is 1.21. The van der Waals surface area contributed by atoms with Gasteiger partial charge in [-0.25, -0.2) is 8.78 Å². The third kappa shape index (κ3) is 5.81. The van der Waals surface area contributed by atoms with E-state index >= 15 is 0 Å². The van der Waals surface area contributed by atoms with Gasteiger partial charge in [0.15, 0.2) is 0 Å². The average molecular weight is 292 g/mol. The molecule has 0 spiro atoms. The van der Waals surface area contributed by atoms with E-state index in [1.807, 2.05) is 0 Å². The lowest BCUT2D eigenvalue weighted by Crippen LogP contribution is -2.39. The molecule has 0 radical (unpaired) electrons. The third-order valence-corrected chi connectivity index (χ3v) is 3.45. The van der Waals surface area contributed by atoms with Crippen molar-refractivity contribution in [1.82, 2.24) is 10.2 Å². The van der Waals surface area contributed by atoms with Crippen molar-refractivity contribution < 1.29 is 23.5 Å². The first-order chi connectivity index (χ1) is 9.54. The Hall–Kier alpha value is -1.24. The lowest BCUT2D eigenvalue weighted by atomic mass is 10.1. The molecule has 0 bridgehead atoms. The Bertz CT molecular complexity index is 321. The quantitative estimate of drug-likeness (QED) is 0.694. The molecule has 0 aromatic carbocycles. The Kier molecular flexibility index (Phi) is 7.43. The van der Waals surface area contributed by atoms with Gasteiger partial charge < -0.3 is 15.3 Å². The van der Waals surface area contributed by atoms with Gasteiger partial charge in [-0.15, -0.1) is 0 Å². The van der Waals surface area contributed by atoms with Crippen LogP contribution in [-0.2, 0) is 9.59 Å². The number of carbonyl (C=O) groups excluding carboxylic acids is 2. The van der Waals surface area contributed by atoms with E-state index in [1.54, 1.807) is 0 Å². The highest BCUT2D eigenvalue weighted by molar-refractivity contribution is 5.80. The number of halogens is 2. The minimum absolute atomic E-state index is 0.0226. The van der Waals surface area contributed by atoms with Crippen LogP contribution in [0.3, 0.4) is 0 Å². The van der Waals surface area contributed by atoms with Crippen LogP contribution < -0.4 is 5.32 Å². The summed E-state index contributed by atoms with van der Waals surface area (Å²) in [5, 5.41) is 11.4. The number of hydrogen-bond acceptors (Lipinski definition) is 3. The van der Waals surface area contributed by atoms with Crippen molar-refractivity contribution >= 4 is 11.8 Å². The van der Waals surface area contributed by atoms with Gasteiger partial charge in [0.2, 0.25) is 11.8 Å². The Morgan fingerprint density at radius 3 is 2.50 bits per heavy atom. The summed E-state index contributed by atoms with van der Waals surface area (Å²) in [5.41, 5.74) is 0. The van der Waals surface area contributed by atoms with Crippen molar-refractivity contribution in [3.8, 4) is 0 Å². The molecule has 1 rings (SSSR count). The summed E-state index contributed by atoms with van der Waals surface area (Å²) in [5.74, 6) is -0.511. The van der Waals surface area contributed by atoms with Gasteiger partial charge in [-0.05, 0) is 12.8 Å². The standard InChI is InChI=1S/C13H22F2N2O3/c14-11(15)9-17(7-8-18)12(19)5-6-16-13(20)10-3-1-2-4-10/h10-11,18H,1-9H2,(H,16,20). The van der Waals surface area contributed by atoms with E-state index < -0.39 is 18.9 Å². The summed E-state index contributed by atoms with van der Waals surface area (Å²) in [6.45, 7) is -0.998. The topological polar surface area (TPSA) is 69.6 Å². The maximum absolute atomic E-state index is 12.3. The molecule has 1 aliphatic carbocycles. The van der Waals surface area contributed by atoms with Gasteiger partial charge >= 0.3 is 0 Å². The Balaban J connectivity index is 2.27. The SMILES string of the molecule is O=C(NCCC(=O)N(CCO)CC(F)F)C1CCCC1. The highest BCUT2D eigenvalue weighted by Crippen LogP contribution is 2.24. The molecule has 1 aliphatic rings. The number of alkyl halides is 2. The van der Waals surface area contributed by atoms with E-state index in [0.29, 0.717) is 0 Å². The molecule has 0 heterocycles. The molecule has 116 valence electrons. The minimum Gasteiger partial charge on any atom is -0.395 e. The van der Waals surface area contributed by atoms with Gasteiger partial charge in [0.1, 0.15) is 0 Å². The number of amides is 2. The summed E-state index contributed by atoms with van der Waals surface area (Å²) in [4.78, 5) is 24.3. The fraction of sp³-hybridized carbons (Fsp3) is 0.846. The Morgan fingerprint density at radius 2 is 1.95 bits per heavy atom. The average Bonchev–Trinajstić information content (AvgIpc) is 2.91. The van der Waals surface area contributed by atoms with E-state index in [9.17, 15) is 18.4 Å². The molecule has 0 aromatic heterocycles. The molecule has 1 saturated carbocycles. The van der Waals surface area contributed by atoms with Crippen LogP contribution in [-0.4, -0.2) is 54.5 Å². The first-order valence-electron chi connectivity index (χ1n) is 6.99. The van der Waals surface area contributed by atoms with Gasteiger partial charge in [-0.1, -0.05) is 12.8 Å². The number of aliphatic hydroxyl groups is 1. The van der Waals surface area contributed by atoms with Crippen LogP contribution in [0.5, 0.6) is 0 Å². The van der Waals surface area contributed by atoms with E-state index in [4.69, 9.17) is 5.11 Å². The summed E-state index contributed by atoms with van der Waals surface area (Å²) in [6, 6.07) is 0. The number of nitrogens with one attached hydrogen (secondary N) is 1. The van der Waals surface area contributed by atoms with Crippen molar-refractivity contribution in [2.75, 3.05) is 26.2 Å². The first kappa shape index (κ1) is 16.8. The molecule has 7 heteroatoms. The summed E-state index contributed by atoms with van der Waals surface area (Å²) in [7, 11) is 0. The molecule has 0 unspecified atom stereocenters. The Labute approximate surface area is 117 Å². The van der Waals surface area contributed by atoms with Gasteiger partial charge in [0.25, 0.3) is 6.43 Å². The maximum atomic E-state index is 12.3. The molecule has 1 fully saturated rings. The van der Waals surface area contributed by atoms with Crippen molar-refractivity contribution in [3.05, 3.63) is 0 Å².